The predicted molar refractivity (Wildman–Crippen MR) is 97.8 cm³/mol. The third-order valence-corrected chi connectivity index (χ3v) is 6.79. The molecule has 0 spiro atoms. The van der Waals surface area contributed by atoms with Gasteiger partial charge in [-0.15, -0.1) is 0 Å². The van der Waals surface area contributed by atoms with Crippen LogP contribution in [-0.4, -0.2) is 52.1 Å². The fourth-order valence-electron chi connectivity index (χ4n) is 3.49. The van der Waals surface area contributed by atoms with Crippen molar-refractivity contribution in [1.82, 2.24) is 4.90 Å². The Balaban J connectivity index is 1.60. The van der Waals surface area contributed by atoms with Crippen LogP contribution >= 0.6 is 0 Å². The van der Waals surface area contributed by atoms with Gasteiger partial charge < -0.3 is 9.64 Å². The number of amides is 1. The van der Waals surface area contributed by atoms with Crippen LogP contribution in [0.5, 0.6) is 0 Å². The van der Waals surface area contributed by atoms with E-state index in [0.717, 1.165) is 16.4 Å². The Morgan fingerprint density at radius 2 is 1.68 bits per heavy atom. The average Bonchev–Trinajstić information content (AvgIpc) is 3.13. The van der Waals surface area contributed by atoms with Gasteiger partial charge in [0.25, 0.3) is 15.9 Å². The van der Waals surface area contributed by atoms with Crippen molar-refractivity contribution in [3.05, 3.63) is 59.2 Å². The summed E-state index contributed by atoms with van der Waals surface area (Å²) in [6.07, 6.45) is 0.175. The topological polar surface area (TPSA) is 66.9 Å². The molecule has 0 aliphatic carbocycles. The lowest BCUT2D eigenvalue weighted by Gasteiger charge is -2.27. The van der Waals surface area contributed by atoms with Gasteiger partial charge in [-0.2, -0.15) is 0 Å². The number of carbonyl (C=O) groups is 1. The zero-order chi connectivity index (χ0) is 19.9. The van der Waals surface area contributed by atoms with Gasteiger partial charge in [0, 0.05) is 36.8 Å². The van der Waals surface area contributed by atoms with Crippen LogP contribution in [0.4, 0.5) is 14.5 Å². The molecule has 6 nitrogen and oxygen atoms in total. The molecular formula is C19H18F2N2O4S. The second-order valence-corrected chi connectivity index (χ2v) is 8.50. The van der Waals surface area contributed by atoms with Gasteiger partial charge in [-0.05, 0) is 36.8 Å². The Bertz CT molecular complexity index is 1020. The van der Waals surface area contributed by atoms with E-state index in [1.807, 2.05) is 0 Å². The van der Waals surface area contributed by atoms with E-state index < -0.39 is 21.7 Å². The average molecular weight is 408 g/mol. The number of halogens is 2. The molecule has 9 heteroatoms. The lowest BCUT2D eigenvalue weighted by Crippen LogP contribution is -2.40. The van der Waals surface area contributed by atoms with Gasteiger partial charge >= 0.3 is 0 Å². The molecular weight excluding hydrogens is 390 g/mol. The van der Waals surface area contributed by atoms with E-state index in [1.165, 1.54) is 24.3 Å². The lowest BCUT2D eigenvalue weighted by molar-refractivity contribution is 0.0303. The highest BCUT2D eigenvalue weighted by atomic mass is 32.2. The summed E-state index contributed by atoms with van der Waals surface area (Å²) in [7, 11) is -4.00. The fourth-order valence-corrected chi connectivity index (χ4v) is 4.98. The first-order chi connectivity index (χ1) is 13.4. The summed E-state index contributed by atoms with van der Waals surface area (Å²) in [5.41, 5.74) is 0.579. The molecule has 2 aromatic rings. The molecule has 2 aliphatic heterocycles. The van der Waals surface area contributed by atoms with Crippen molar-refractivity contribution in [3.8, 4) is 0 Å². The van der Waals surface area contributed by atoms with Gasteiger partial charge in [-0.1, -0.05) is 0 Å². The number of sulfonamides is 1. The quantitative estimate of drug-likeness (QED) is 0.781. The highest BCUT2D eigenvalue weighted by Gasteiger charge is 2.33. The maximum Gasteiger partial charge on any atom is 0.264 e. The maximum absolute atomic E-state index is 13.9. The summed E-state index contributed by atoms with van der Waals surface area (Å²) >= 11 is 0. The second kappa shape index (κ2) is 7.14. The molecule has 0 atom stereocenters. The number of ether oxygens (including phenoxy) is 1. The molecule has 0 aromatic heterocycles. The predicted octanol–water partition coefficient (Wildman–Crippen LogP) is 2.19. The number of morpholine rings is 1. The number of nitrogens with zero attached hydrogens (tertiary/aromatic N) is 2. The third kappa shape index (κ3) is 3.24. The van der Waals surface area contributed by atoms with E-state index in [9.17, 15) is 22.0 Å². The minimum Gasteiger partial charge on any atom is -0.378 e. The fraction of sp³-hybridized carbons (Fsp3) is 0.316. The summed E-state index contributed by atoms with van der Waals surface area (Å²) in [6.45, 7) is 1.95. The van der Waals surface area contributed by atoms with E-state index in [2.05, 4.69) is 0 Å². The summed E-state index contributed by atoms with van der Waals surface area (Å²) in [5, 5.41) is 0. The van der Waals surface area contributed by atoms with Gasteiger partial charge in [-0.3, -0.25) is 9.10 Å². The number of hydrogen-bond acceptors (Lipinski definition) is 4. The SMILES string of the molecule is O=C(c1ccc(S(=O)(=O)N2CCc3c(F)cc(F)cc32)cc1)N1CCOCC1. The van der Waals surface area contributed by atoms with Crippen LogP contribution in [0.1, 0.15) is 15.9 Å². The first-order valence-electron chi connectivity index (χ1n) is 8.85. The zero-order valence-corrected chi connectivity index (χ0v) is 15.7. The molecule has 2 aliphatic rings. The van der Waals surface area contributed by atoms with Crippen LogP contribution in [0, 0.1) is 11.6 Å². The van der Waals surface area contributed by atoms with Crippen LogP contribution in [0.25, 0.3) is 0 Å². The van der Waals surface area contributed by atoms with Crippen molar-refractivity contribution in [2.24, 2.45) is 0 Å². The zero-order valence-electron chi connectivity index (χ0n) is 14.9. The third-order valence-electron chi connectivity index (χ3n) is 4.96. The minimum absolute atomic E-state index is 0.0194. The van der Waals surface area contributed by atoms with E-state index >= 15 is 0 Å². The van der Waals surface area contributed by atoms with Gasteiger partial charge in [0.2, 0.25) is 0 Å². The Morgan fingerprint density at radius 3 is 2.36 bits per heavy atom. The minimum atomic E-state index is -4.00. The highest BCUT2D eigenvalue weighted by molar-refractivity contribution is 7.92. The second-order valence-electron chi connectivity index (χ2n) is 6.64. The van der Waals surface area contributed by atoms with Crippen molar-refractivity contribution in [2.75, 3.05) is 37.2 Å². The normalized spacial score (nSPS) is 16.9. The van der Waals surface area contributed by atoms with E-state index in [-0.39, 0.29) is 35.0 Å². The molecule has 1 fully saturated rings. The van der Waals surface area contributed by atoms with Crippen molar-refractivity contribution in [2.45, 2.75) is 11.3 Å². The van der Waals surface area contributed by atoms with Crippen LogP contribution in [0.3, 0.4) is 0 Å². The molecule has 0 radical (unpaired) electrons. The summed E-state index contributed by atoms with van der Waals surface area (Å²) in [6, 6.07) is 7.37. The molecule has 0 unspecified atom stereocenters. The van der Waals surface area contributed by atoms with Crippen molar-refractivity contribution < 1.29 is 26.7 Å². The molecule has 1 saturated heterocycles. The molecule has 2 aromatic carbocycles. The Morgan fingerprint density at radius 1 is 1.00 bits per heavy atom. The van der Waals surface area contributed by atoms with Gasteiger partial charge in [0.1, 0.15) is 11.6 Å². The van der Waals surface area contributed by atoms with E-state index in [4.69, 9.17) is 4.74 Å². The van der Waals surface area contributed by atoms with E-state index in [0.29, 0.717) is 31.9 Å². The Kier molecular flexibility index (Phi) is 4.80. The number of fused-ring (bicyclic) bond motifs is 1. The number of benzene rings is 2. The molecule has 0 N–H and O–H groups in total. The van der Waals surface area contributed by atoms with Crippen LogP contribution < -0.4 is 4.31 Å². The largest absolute Gasteiger partial charge is 0.378 e. The lowest BCUT2D eigenvalue weighted by atomic mass is 10.1. The molecule has 28 heavy (non-hydrogen) atoms. The van der Waals surface area contributed by atoms with E-state index in [1.54, 1.807) is 4.90 Å². The number of carbonyl (C=O) groups excluding carboxylic acids is 1. The first-order valence-corrected chi connectivity index (χ1v) is 10.3. The van der Waals surface area contributed by atoms with Crippen molar-refractivity contribution in [1.29, 1.82) is 0 Å². The summed E-state index contributed by atoms with van der Waals surface area (Å²) < 4.78 is 59.7. The number of hydrogen-bond donors (Lipinski definition) is 0. The van der Waals surface area contributed by atoms with Crippen molar-refractivity contribution in [3.63, 3.8) is 0 Å². The number of rotatable bonds is 3. The number of anilines is 1. The molecule has 2 heterocycles. The van der Waals surface area contributed by atoms with Crippen LogP contribution in [0.2, 0.25) is 0 Å². The summed E-state index contributed by atoms with van der Waals surface area (Å²) in [5.74, 6) is -1.77. The van der Waals surface area contributed by atoms with Crippen LogP contribution in [-0.2, 0) is 21.2 Å². The standard InChI is InChI=1S/C19H18F2N2O4S/c20-14-11-17(21)16-5-6-23(18(16)12-14)28(25,26)15-3-1-13(2-4-15)19(24)22-7-9-27-10-8-22/h1-4,11-12H,5-10H2. The maximum atomic E-state index is 13.9. The summed E-state index contributed by atoms with van der Waals surface area (Å²) in [4.78, 5) is 14.1. The Labute approximate surface area is 161 Å². The smallest absolute Gasteiger partial charge is 0.264 e. The van der Waals surface area contributed by atoms with Gasteiger partial charge in [0.05, 0.1) is 23.8 Å². The molecule has 4 rings (SSSR count). The van der Waals surface area contributed by atoms with Gasteiger partial charge in [0.15, 0.2) is 0 Å². The molecule has 0 bridgehead atoms. The van der Waals surface area contributed by atoms with Crippen LogP contribution in [0.15, 0.2) is 41.3 Å². The monoisotopic (exact) mass is 408 g/mol. The molecule has 0 saturated carbocycles. The Hall–Kier alpha value is -2.52. The highest BCUT2D eigenvalue weighted by Crippen LogP contribution is 2.35. The first kappa shape index (κ1) is 18.8. The molecule has 148 valence electrons. The van der Waals surface area contributed by atoms with Gasteiger partial charge in [-0.25, -0.2) is 17.2 Å². The van der Waals surface area contributed by atoms with Crippen molar-refractivity contribution >= 4 is 21.6 Å². The molecule has 1 amide bonds.